The molecule has 1 amide bonds. The minimum absolute atomic E-state index is 0.0237. The van der Waals surface area contributed by atoms with Crippen molar-refractivity contribution in [2.45, 2.75) is 11.4 Å². The minimum atomic E-state index is -3.80. The van der Waals surface area contributed by atoms with Crippen molar-refractivity contribution in [3.05, 3.63) is 39.3 Å². The van der Waals surface area contributed by atoms with E-state index in [1.807, 2.05) is 0 Å². The predicted molar refractivity (Wildman–Crippen MR) is 68.4 cm³/mol. The van der Waals surface area contributed by atoms with Gasteiger partial charge in [0.25, 0.3) is 15.9 Å². The van der Waals surface area contributed by atoms with Crippen LogP contribution in [0.3, 0.4) is 0 Å². The Morgan fingerprint density at radius 1 is 1.26 bits per heavy atom. The second-order valence-corrected chi connectivity index (χ2v) is 7.24. The zero-order chi connectivity index (χ0) is 13.6. The molecule has 9 heteroatoms. The summed E-state index contributed by atoms with van der Waals surface area (Å²) in [5.41, 5.74) is 0.179. The number of hydrogen-bond acceptors (Lipinski definition) is 6. The molecule has 6 nitrogen and oxygen atoms in total. The molecule has 0 fully saturated rings. The molecule has 0 saturated carbocycles. The Morgan fingerprint density at radius 2 is 2.00 bits per heavy atom. The highest BCUT2D eigenvalue weighted by Crippen LogP contribution is 2.31. The Kier molecular flexibility index (Phi) is 2.80. The van der Waals surface area contributed by atoms with Crippen LogP contribution < -0.4 is 0 Å². The fourth-order valence-corrected chi connectivity index (χ4v) is 4.28. The van der Waals surface area contributed by atoms with Crippen LogP contribution >= 0.6 is 22.9 Å². The van der Waals surface area contributed by atoms with Crippen molar-refractivity contribution in [1.82, 2.24) is 14.5 Å². The molecule has 2 aromatic rings. The smallest absolute Gasteiger partial charge is 0.268 e. The maximum atomic E-state index is 12.2. The molecule has 1 aliphatic rings. The summed E-state index contributed by atoms with van der Waals surface area (Å²) in [6.45, 7) is -0.153. The number of nitrogens with zero attached hydrogens (tertiary/aromatic N) is 3. The fourth-order valence-electron chi connectivity index (χ4n) is 1.81. The summed E-state index contributed by atoms with van der Waals surface area (Å²) in [4.78, 5) is 12.1. The summed E-state index contributed by atoms with van der Waals surface area (Å²) in [6.07, 6.45) is 0. The van der Waals surface area contributed by atoms with Crippen LogP contribution in [0, 0.1) is 0 Å². The average Bonchev–Trinajstić information content (AvgIpc) is 2.87. The lowest BCUT2D eigenvalue weighted by molar-refractivity contribution is 0.0864. The molecule has 0 saturated heterocycles. The van der Waals surface area contributed by atoms with E-state index in [2.05, 4.69) is 10.2 Å². The zero-order valence-corrected chi connectivity index (χ0v) is 11.7. The average molecular weight is 316 g/mol. The van der Waals surface area contributed by atoms with Crippen LogP contribution in [0.25, 0.3) is 0 Å². The number of benzene rings is 1. The van der Waals surface area contributed by atoms with E-state index >= 15 is 0 Å². The van der Waals surface area contributed by atoms with Gasteiger partial charge in [0.05, 0.1) is 12.1 Å². The molecule has 0 atom stereocenters. The lowest BCUT2D eigenvalue weighted by Gasteiger charge is -2.12. The van der Waals surface area contributed by atoms with Crippen LogP contribution in [0.15, 0.2) is 29.2 Å². The van der Waals surface area contributed by atoms with E-state index in [4.69, 9.17) is 11.6 Å². The van der Waals surface area contributed by atoms with Gasteiger partial charge in [0, 0.05) is 0 Å². The van der Waals surface area contributed by atoms with Gasteiger partial charge >= 0.3 is 0 Å². The summed E-state index contributed by atoms with van der Waals surface area (Å²) < 4.78 is 25.5. The van der Waals surface area contributed by atoms with Gasteiger partial charge in [-0.05, 0) is 23.7 Å². The molecule has 1 aromatic heterocycles. The largest absolute Gasteiger partial charge is 0.269 e. The molecule has 0 aliphatic carbocycles. The molecule has 0 N–H and O–H groups in total. The van der Waals surface area contributed by atoms with Crippen LogP contribution in [-0.2, 0) is 16.6 Å². The highest BCUT2D eigenvalue weighted by molar-refractivity contribution is 7.90. The van der Waals surface area contributed by atoms with Crippen molar-refractivity contribution in [1.29, 1.82) is 0 Å². The van der Waals surface area contributed by atoms with E-state index in [1.54, 1.807) is 12.1 Å². The normalized spacial score (nSPS) is 16.7. The molecule has 0 radical (unpaired) electrons. The second kappa shape index (κ2) is 4.26. The van der Waals surface area contributed by atoms with Crippen molar-refractivity contribution in [2.24, 2.45) is 0 Å². The Hall–Kier alpha value is -1.51. The first-order valence-electron chi connectivity index (χ1n) is 5.14. The molecule has 1 aromatic carbocycles. The zero-order valence-electron chi connectivity index (χ0n) is 9.28. The number of sulfonamides is 1. The van der Waals surface area contributed by atoms with Crippen LogP contribution in [0.1, 0.15) is 15.4 Å². The molecule has 0 unspecified atom stereocenters. The van der Waals surface area contributed by atoms with Gasteiger partial charge in [-0.25, -0.2) is 12.7 Å². The first kappa shape index (κ1) is 12.5. The van der Waals surface area contributed by atoms with Crippen molar-refractivity contribution >= 4 is 38.9 Å². The van der Waals surface area contributed by atoms with Crippen molar-refractivity contribution < 1.29 is 13.2 Å². The highest BCUT2D eigenvalue weighted by Gasteiger charge is 2.41. The number of rotatable bonds is 2. The number of carbonyl (C=O) groups excluding carboxylic acids is 1. The Balaban J connectivity index is 2.03. The standard InChI is InChI=1S/C10H6ClN3O3S2/c11-10-13-12-8(18-10)5-14-9(15)6-3-1-2-4-7(6)19(14,16)17/h1-4H,5H2. The van der Waals surface area contributed by atoms with E-state index < -0.39 is 15.9 Å². The molecule has 0 bridgehead atoms. The first-order valence-corrected chi connectivity index (χ1v) is 7.77. The molecular formula is C10H6ClN3O3S2. The Morgan fingerprint density at radius 3 is 2.63 bits per heavy atom. The third kappa shape index (κ3) is 1.92. The minimum Gasteiger partial charge on any atom is -0.268 e. The van der Waals surface area contributed by atoms with Gasteiger partial charge in [-0.2, -0.15) is 0 Å². The summed E-state index contributed by atoms with van der Waals surface area (Å²) in [5, 5.41) is 7.67. The van der Waals surface area contributed by atoms with Gasteiger partial charge in [-0.3, -0.25) is 4.79 Å². The number of amides is 1. The maximum absolute atomic E-state index is 12.2. The van der Waals surface area contributed by atoms with Gasteiger partial charge in [0.1, 0.15) is 9.90 Å². The number of halogens is 1. The molecule has 2 heterocycles. The Bertz CT molecular complexity index is 772. The number of aromatic nitrogens is 2. The van der Waals surface area contributed by atoms with Gasteiger partial charge in [0.15, 0.2) is 0 Å². The summed E-state index contributed by atoms with van der Waals surface area (Å²) >= 11 is 6.68. The van der Waals surface area contributed by atoms with Gasteiger partial charge in [-0.1, -0.05) is 23.5 Å². The first-order chi connectivity index (χ1) is 9.00. The highest BCUT2D eigenvalue weighted by atomic mass is 35.5. The van der Waals surface area contributed by atoms with E-state index in [9.17, 15) is 13.2 Å². The fraction of sp³-hybridized carbons (Fsp3) is 0.100. The van der Waals surface area contributed by atoms with Crippen LogP contribution in [0.4, 0.5) is 0 Å². The van der Waals surface area contributed by atoms with Crippen molar-refractivity contribution in [2.75, 3.05) is 0 Å². The van der Waals surface area contributed by atoms with E-state index in [1.165, 1.54) is 12.1 Å². The molecular weight excluding hydrogens is 310 g/mol. The predicted octanol–water partition coefficient (Wildman–Crippen LogP) is 1.54. The lowest BCUT2D eigenvalue weighted by atomic mass is 10.2. The third-order valence-electron chi connectivity index (χ3n) is 2.63. The van der Waals surface area contributed by atoms with Gasteiger partial charge in [-0.15, -0.1) is 10.2 Å². The SMILES string of the molecule is O=C1c2ccccc2S(=O)(=O)N1Cc1nnc(Cl)s1. The molecule has 1 aliphatic heterocycles. The molecule has 19 heavy (non-hydrogen) atoms. The van der Waals surface area contributed by atoms with Crippen LogP contribution in [0.5, 0.6) is 0 Å². The van der Waals surface area contributed by atoms with Gasteiger partial charge < -0.3 is 0 Å². The quantitative estimate of drug-likeness (QED) is 0.839. The third-order valence-corrected chi connectivity index (χ3v) is 5.42. The summed E-state index contributed by atoms with van der Waals surface area (Å²) in [7, 11) is -3.80. The molecule has 98 valence electrons. The second-order valence-electron chi connectivity index (χ2n) is 3.76. The number of hydrogen-bond donors (Lipinski definition) is 0. The van der Waals surface area contributed by atoms with E-state index in [0.29, 0.717) is 5.01 Å². The van der Waals surface area contributed by atoms with Crippen molar-refractivity contribution in [3.8, 4) is 0 Å². The maximum Gasteiger partial charge on any atom is 0.269 e. The number of fused-ring (bicyclic) bond motifs is 1. The lowest BCUT2D eigenvalue weighted by Crippen LogP contribution is -2.29. The summed E-state index contributed by atoms with van der Waals surface area (Å²) in [5.74, 6) is -0.554. The monoisotopic (exact) mass is 315 g/mol. The topological polar surface area (TPSA) is 80.2 Å². The van der Waals surface area contributed by atoms with Crippen LogP contribution in [0.2, 0.25) is 4.47 Å². The van der Waals surface area contributed by atoms with Crippen LogP contribution in [-0.4, -0.2) is 28.8 Å². The number of carbonyl (C=O) groups is 1. The van der Waals surface area contributed by atoms with Gasteiger partial charge in [0.2, 0.25) is 4.47 Å². The summed E-state index contributed by atoms with van der Waals surface area (Å²) in [6, 6.07) is 6.10. The van der Waals surface area contributed by atoms with E-state index in [0.717, 1.165) is 15.6 Å². The Labute approximate surface area is 117 Å². The molecule has 3 rings (SSSR count). The van der Waals surface area contributed by atoms with Crippen molar-refractivity contribution in [3.63, 3.8) is 0 Å². The van der Waals surface area contributed by atoms with E-state index in [-0.39, 0.29) is 21.5 Å². The molecule has 0 spiro atoms.